The molecule has 0 saturated carbocycles. The molecule has 1 aromatic rings. The first kappa shape index (κ1) is 8.91. The molecule has 1 N–H and O–H groups in total. The van der Waals surface area contributed by atoms with E-state index in [2.05, 4.69) is 19.9 Å². The fourth-order valence-corrected chi connectivity index (χ4v) is 0.784. The molecule has 1 radical (unpaired) electrons. The SMILES string of the molecule is CC(C)COc1c[c]cc(O)c1. The fraction of sp³-hybridized carbons (Fsp3) is 0.400. The van der Waals surface area contributed by atoms with Crippen molar-refractivity contribution in [3.8, 4) is 11.5 Å². The van der Waals surface area contributed by atoms with Crippen LogP contribution < -0.4 is 4.74 Å². The van der Waals surface area contributed by atoms with E-state index in [1.807, 2.05) is 0 Å². The summed E-state index contributed by atoms with van der Waals surface area (Å²) in [7, 11) is 0. The van der Waals surface area contributed by atoms with Crippen LogP contribution >= 0.6 is 0 Å². The second-order valence-electron chi connectivity index (χ2n) is 3.13. The van der Waals surface area contributed by atoms with E-state index in [0.717, 1.165) is 0 Å². The third-order valence-corrected chi connectivity index (χ3v) is 1.33. The highest BCUT2D eigenvalue weighted by molar-refractivity contribution is 5.30. The summed E-state index contributed by atoms with van der Waals surface area (Å²) in [6, 6.07) is 7.57. The van der Waals surface area contributed by atoms with Gasteiger partial charge in [-0.1, -0.05) is 13.8 Å². The molecule has 0 fully saturated rings. The number of hydrogen-bond acceptors (Lipinski definition) is 2. The Morgan fingerprint density at radius 1 is 1.50 bits per heavy atom. The summed E-state index contributed by atoms with van der Waals surface area (Å²) < 4.78 is 5.36. The Morgan fingerprint density at radius 2 is 2.25 bits per heavy atom. The standard InChI is InChI=1S/C10H13O2/c1-8(2)7-12-10-5-3-4-9(11)6-10/h4-6,8,11H,7H2,1-2H3. The lowest BCUT2D eigenvalue weighted by molar-refractivity contribution is 0.270. The van der Waals surface area contributed by atoms with Crippen LogP contribution in [0.15, 0.2) is 18.2 Å². The van der Waals surface area contributed by atoms with Crippen LogP contribution in [0.25, 0.3) is 0 Å². The zero-order valence-corrected chi connectivity index (χ0v) is 7.37. The van der Waals surface area contributed by atoms with Crippen molar-refractivity contribution in [3.05, 3.63) is 24.3 Å². The number of phenols is 1. The van der Waals surface area contributed by atoms with Gasteiger partial charge in [0.05, 0.1) is 6.61 Å². The van der Waals surface area contributed by atoms with Gasteiger partial charge in [-0.3, -0.25) is 0 Å². The molecule has 0 bridgehead atoms. The number of rotatable bonds is 3. The predicted molar refractivity (Wildman–Crippen MR) is 47.3 cm³/mol. The minimum Gasteiger partial charge on any atom is -0.508 e. The number of hydrogen-bond donors (Lipinski definition) is 1. The zero-order chi connectivity index (χ0) is 8.97. The van der Waals surface area contributed by atoms with Crippen molar-refractivity contribution in [2.75, 3.05) is 6.61 Å². The van der Waals surface area contributed by atoms with Crippen LogP contribution in [-0.2, 0) is 0 Å². The molecule has 0 atom stereocenters. The van der Waals surface area contributed by atoms with Gasteiger partial charge in [-0.25, -0.2) is 0 Å². The summed E-state index contributed by atoms with van der Waals surface area (Å²) in [4.78, 5) is 0. The van der Waals surface area contributed by atoms with Gasteiger partial charge in [0.2, 0.25) is 0 Å². The highest BCUT2D eigenvalue weighted by atomic mass is 16.5. The third kappa shape index (κ3) is 2.82. The van der Waals surface area contributed by atoms with Gasteiger partial charge in [-0.15, -0.1) is 0 Å². The number of phenolic OH excluding ortho intramolecular Hbond substituents is 1. The first-order valence-corrected chi connectivity index (χ1v) is 4.01. The summed E-state index contributed by atoms with van der Waals surface area (Å²) in [5, 5.41) is 9.07. The molecule has 0 aliphatic rings. The Labute approximate surface area is 72.8 Å². The van der Waals surface area contributed by atoms with Gasteiger partial charge in [0.15, 0.2) is 0 Å². The van der Waals surface area contributed by atoms with Crippen LogP contribution in [-0.4, -0.2) is 11.7 Å². The van der Waals surface area contributed by atoms with Gasteiger partial charge in [-0.2, -0.15) is 0 Å². The molecule has 0 aromatic heterocycles. The fourth-order valence-electron chi connectivity index (χ4n) is 0.784. The monoisotopic (exact) mass is 165 g/mol. The smallest absolute Gasteiger partial charge is 0.123 e. The van der Waals surface area contributed by atoms with Gasteiger partial charge in [-0.05, 0) is 24.1 Å². The molecule has 1 rings (SSSR count). The van der Waals surface area contributed by atoms with E-state index in [1.54, 1.807) is 12.1 Å². The summed E-state index contributed by atoms with van der Waals surface area (Å²) in [6.45, 7) is 4.82. The lowest BCUT2D eigenvalue weighted by Crippen LogP contribution is -2.04. The Bertz CT molecular complexity index is 243. The Balaban J connectivity index is 2.52. The van der Waals surface area contributed by atoms with Crippen molar-refractivity contribution in [2.24, 2.45) is 5.92 Å². The molecule has 0 amide bonds. The predicted octanol–water partition coefficient (Wildman–Crippen LogP) is 2.23. The van der Waals surface area contributed by atoms with Crippen LogP contribution in [0, 0.1) is 12.0 Å². The maximum absolute atomic E-state index is 9.07. The van der Waals surface area contributed by atoms with Crippen LogP contribution in [0.1, 0.15) is 13.8 Å². The zero-order valence-electron chi connectivity index (χ0n) is 7.37. The van der Waals surface area contributed by atoms with E-state index in [-0.39, 0.29) is 5.75 Å². The average molecular weight is 165 g/mol. The van der Waals surface area contributed by atoms with Gasteiger partial charge in [0, 0.05) is 6.07 Å². The van der Waals surface area contributed by atoms with Crippen LogP contribution in [0.3, 0.4) is 0 Å². The van der Waals surface area contributed by atoms with E-state index in [1.165, 1.54) is 6.07 Å². The molecule has 0 aliphatic heterocycles. The minimum atomic E-state index is 0.191. The molecule has 65 valence electrons. The van der Waals surface area contributed by atoms with Gasteiger partial charge < -0.3 is 9.84 Å². The molecule has 0 unspecified atom stereocenters. The van der Waals surface area contributed by atoms with Crippen molar-refractivity contribution in [1.82, 2.24) is 0 Å². The minimum absolute atomic E-state index is 0.191. The lowest BCUT2D eigenvalue weighted by Gasteiger charge is -2.07. The van der Waals surface area contributed by atoms with Crippen molar-refractivity contribution in [3.63, 3.8) is 0 Å². The van der Waals surface area contributed by atoms with E-state index in [0.29, 0.717) is 18.3 Å². The van der Waals surface area contributed by atoms with E-state index >= 15 is 0 Å². The quantitative estimate of drug-likeness (QED) is 0.744. The Morgan fingerprint density at radius 3 is 2.83 bits per heavy atom. The van der Waals surface area contributed by atoms with Gasteiger partial charge >= 0.3 is 0 Å². The molecule has 0 spiro atoms. The maximum atomic E-state index is 9.07. The molecule has 2 heteroatoms. The highest BCUT2D eigenvalue weighted by Gasteiger charge is 1.97. The van der Waals surface area contributed by atoms with Gasteiger partial charge in [0.25, 0.3) is 0 Å². The second-order valence-corrected chi connectivity index (χ2v) is 3.13. The van der Waals surface area contributed by atoms with Gasteiger partial charge in [0.1, 0.15) is 11.5 Å². The van der Waals surface area contributed by atoms with Crippen molar-refractivity contribution in [1.29, 1.82) is 0 Å². The normalized spacial score (nSPS) is 10.2. The first-order valence-electron chi connectivity index (χ1n) is 4.01. The number of ether oxygens (including phenoxy) is 1. The molecular formula is C10H13O2. The summed E-state index contributed by atoms with van der Waals surface area (Å²) in [5.74, 6) is 1.35. The third-order valence-electron chi connectivity index (χ3n) is 1.33. The first-order chi connectivity index (χ1) is 5.68. The lowest BCUT2D eigenvalue weighted by atomic mass is 10.2. The second kappa shape index (κ2) is 4.00. The molecule has 1 aromatic carbocycles. The molecule has 0 saturated heterocycles. The van der Waals surface area contributed by atoms with Crippen LogP contribution in [0.2, 0.25) is 0 Å². The molecule has 0 aliphatic carbocycles. The number of benzene rings is 1. The van der Waals surface area contributed by atoms with Crippen molar-refractivity contribution in [2.45, 2.75) is 13.8 Å². The van der Waals surface area contributed by atoms with E-state index in [4.69, 9.17) is 9.84 Å². The summed E-state index contributed by atoms with van der Waals surface area (Å²) >= 11 is 0. The van der Waals surface area contributed by atoms with Crippen molar-refractivity contribution >= 4 is 0 Å². The summed E-state index contributed by atoms with van der Waals surface area (Å²) in [5.41, 5.74) is 0. The van der Waals surface area contributed by atoms with E-state index in [9.17, 15) is 0 Å². The molecule has 12 heavy (non-hydrogen) atoms. The largest absolute Gasteiger partial charge is 0.508 e. The topological polar surface area (TPSA) is 29.5 Å². The van der Waals surface area contributed by atoms with E-state index < -0.39 is 0 Å². The van der Waals surface area contributed by atoms with Crippen molar-refractivity contribution < 1.29 is 9.84 Å². The summed E-state index contributed by atoms with van der Waals surface area (Å²) in [6.07, 6.45) is 0. The Kier molecular flexibility index (Phi) is 2.97. The Hall–Kier alpha value is -1.18. The molecule has 2 nitrogen and oxygen atoms in total. The molecule has 0 heterocycles. The molecular weight excluding hydrogens is 152 g/mol. The highest BCUT2D eigenvalue weighted by Crippen LogP contribution is 2.17. The van der Waals surface area contributed by atoms with Crippen LogP contribution in [0.5, 0.6) is 11.5 Å². The average Bonchev–Trinajstić information content (AvgIpc) is 2.01. The number of aromatic hydroxyl groups is 1. The maximum Gasteiger partial charge on any atom is 0.123 e. The van der Waals surface area contributed by atoms with Crippen LogP contribution in [0.4, 0.5) is 0 Å².